The van der Waals surface area contributed by atoms with E-state index < -0.39 is 11.8 Å². The fourth-order valence-electron chi connectivity index (χ4n) is 3.52. The molecule has 1 unspecified atom stereocenters. The van der Waals surface area contributed by atoms with Gasteiger partial charge in [-0.25, -0.2) is 17.6 Å². The molecule has 0 amide bonds. The quantitative estimate of drug-likeness (QED) is 0.580. The number of halogens is 4. The molecular formula is C20H20F4. The van der Waals surface area contributed by atoms with Crippen molar-refractivity contribution in [3.05, 3.63) is 70.8 Å². The summed E-state index contributed by atoms with van der Waals surface area (Å²) in [6, 6.07) is 12.8. The molecule has 1 fully saturated rings. The maximum atomic E-state index is 13.4. The second-order valence-corrected chi connectivity index (χ2v) is 7.01. The fourth-order valence-corrected chi connectivity index (χ4v) is 3.52. The fraction of sp³-hybridized carbons (Fsp3) is 0.400. The highest BCUT2D eigenvalue weighted by Crippen LogP contribution is 2.58. The van der Waals surface area contributed by atoms with Gasteiger partial charge >= 0.3 is 0 Å². The predicted octanol–water partition coefficient (Wildman–Crippen LogP) is 6.24. The number of hydrogen-bond donors (Lipinski definition) is 0. The van der Waals surface area contributed by atoms with Crippen LogP contribution in [0.3, 0.4) is 0 Å². The molecule has 0 radical (unpaired) electrons. The first-order valence-electron chi connectivity index (χ1n) is 8.03. The molecule has 0 N–H and O–H groups in total. The lowest BCUT2D eigenvalue weighted by Gasteiger charge is -2.21. The maximum Gasteiger partial charge on any atom is 0.270 e. The molecule has 2 aromatic carbocycles. The van der Waals surface area contributed by atoms with Crippen LogP contribution >= 0.6 is 0 Å². The van der Waals surface area contributed by atoms with Gasteiger partial charge in [-0.3, -0.25) is 0 Å². The molecule has 1 saturated carbocycles. The van der Waals surface area contributed by atoms with E-state index in [2.05, 4.69) is 6.92 Å². The second kappa shape index (κ2) is 5.33. The van der Waals surface area contributed by atoms with Gasteiger partial charge in [-0.05, 0) is 23.5 Å². The van der Waals surface area contributed by atoms with Gasteiger partial charge in [0.15, 0.2) is 0 Å². The summed E-state index contributed by atoms with van der Waals surface area (Å²) in [5.41, 5.74) is 1.62. The van der Waals surface area contributed by atoms with Crippen LogP contribution in [0.4, 0.5) is 17.6 Å². The van der Waals surface area contributed by atoms with Crippen molar-refractivity contribution in [1.29, 1.82) is 0 Å². The highest BCUT2D eigenvalue weighted by Gasteiger charge is 2.53. The zero-order valence-corrected chi connectivity index (χ0v) is 13.9. The topological polar surface area (TPSA) is 0 Å². The number of rotatable bonds is 4. The largest absolute Gasteiger partial charge is 0.270 e. The molecule has 0 saturated heterocycles. The Bertz CT molecular complexity index is 661. The molecule has 1 aliphatic rings. The van der Waals surface area contributed by atoms with E-state index in [1.165, 1.54) is 24.3 Å². The minimum atomic E-state index is -2.87. The van der Waals surface area contributed by atoms with Crippen LogP contribution in [0.25, 0.3) is 0 Å². The Labute approximate surface area is 139 Å². The monoisotopic (exact) mass is 336 g/mol. The lowest BCUT2D eigenvalue weighted by Crippen LogP contribution is -2.14. The van der Waals surface area contributed by atoms with Crippen LogP contribution < -0.4 is 0 Å². The summed E-state index contributed by atoms with van der Waals surface area (Å²) in [5.74, 6) is -5.39. The van der Waals surface area contributed by atoms with E-state index in [9.17, 15) is 17.6 Å². The maximum absolute atomic E-state index is 13.4. The Kier molecular flexibility index (Phi) is 3.78. The van der Waals surface area contributed by atoms with E-state index in [1.807, 2.05) is 0 Å². The Morgan fingerprint density at radius 1 is 0.750 bits per heavy atom. The molecule has 0 heterocycles. The van der Waals surface area contributed by atoms with Crippen LogP contribution in [0.1, 0.15) is 49.4 Å². The van der Waals surface area contributed by atoms with E-state index in [-0.39, 0.29) is 16.5 Å². The van der Waals surface area contributed by atoms with E-state index in [4.69, 9.17) is 0 Å². The average Bonchev–Trinajstić information content (AvgIpc) is 3.18. The standard InChI is InChI=1S/C20H20F4/c1-13-12-20(13,16-8-4-14(5-9-16)18(2,21)22)17-10-6-15(7-11-17)19(3,23)24/h4-11,13H,12H2,1-3H3. The molecule has 128 valence electrons. The highest BCUT2D eigenvalue weighted by atomic mass is 19.3. The lowest BCUT2D eigenvalue weighted by atomic mass is 9.84. The number of benzene rings is 2. The van der Waals surface area contributed by atoms with Gasteiger partial charge in [-0.2, -0.15) is 0 Å². The van der Waals surface area contributed by atoms with E-state index >= 15 is 0 Å². The van der Waals surface area contributed by atoms with Crippen LogP contribution in [-0.2, 0) is 17.3 Å². The summed E-state index contributed by atoms with van der Waals surface area (Å²) in [5, 5.41) is 0. The van der Waals surface area contributed by atoms with Crippen molar-refractivity contribution < 1.29 is 17.6 Å². The third-order valence-corrected chi connectivity index (χ3v) is 5.12. The Hall–Kier alpha value is -1.84. The van der Waals surface area contributed by atoms with Crippen molar-refractivity contribution >= 4 is 0 Å². The van der Waals surface area contributed by atoms with Crippen molar-refractivity contribution in [2.75, 3.05) is 0 Å². The number of alkyl halides is 4. The molecule has 4 heteroatoms. The predicted molar refractivity (Wildman–Crippen MR) is 86.6 cm³/mol. The molecule has 1 aliphatic carbocycles. The minimum absolute atomic E-state index is 0.0179. The summed E-state index contributed by atoms with van der Waals surface area (Å²) < 4.78 is 53.5. The van der Waals surface area contributed by atoms with Gasteiger partial charge in [0.1, 0.15) is 0 Å². The first-order valence-corrected chi connectivity index (χ1v) is 8.03. The van der Waals surface area contributed by atoms with Crippen LogP contribution in [0.15, 0.2) is 48.5 Å². The summed E-state index contributed by atoms with van der Waals surface area (Å²) in [4.78, 5) is 0. The van der Waals surface area contributed by atoms with Gasteiger partial charge in [0, 0.05) is 30.4 Å². The smallest absolute Gasteiger partial charge is 0.202 e. The Morgan fingerprint density at radius 2 is 1.04 bits per heavy atom. The van der Waals surface area contributed by atoms with Crippen molar-refractivity contribution in [1.82, 2.24) is 0 Å². The van der Waals surface area contributed by atoms with Crippen LogP contribution in [0, 0.1) is 5.92 Å². The molecule has 3 rings (SSSR count). The van der Waals surface area contributed by atoms with Crippen LogP contribution in [0.2, 0.25) is 0 Å². The molecule has 0 nitrogen and oxygen atoms in total. The minimum Gasteiger partial charge on any atom is -0.202 e. The third-order valence-electron chi connectivity index (χ3n) is 5.12. The Morgan fingerprint density at radius 3 is 1.25 bits per heavy atom. The van der Waals surface area contributed by atoms with E-state index in [1.54, 1.807) is 24.3 Å². The summed E-state index contributed by atoms with van der Waals surface area (Å²) in [7, 11) is 0. The van der Waals surface area contributed by atoms with Gasteiger partial charge in [0.25, 0.3) is 11.8 Å². The van der Waals surface area contributed by atoms with Gasteiger partial charge in [0.05, 0.1) is 0 Å². The first-order chi connectivity index (χ1) is 11.0. The highest BCUT2D eigenvalue weighted by molar-refractivity contribution is 5.48. The number of hydrogen-bond acceptors (Lipinski definition) is 0. The second-order valence-electron chi connectivity index (χ2n) is 7.01. The average molecular weight is 336 g/mol. The SMILES string of the molecule is CC1CC1(c1ccc(C(C)(F)F)cc1)c1ccc(C(C)(F)F)cc1. The molecule has 0 spiro atoms. The van der Waals surface area contributed by atoms with E-state index in [0.29, 0.717) is 5.92 Å². The van der Waals surface area contributed by atoms with Crippen molar-refractivity contribution in [2.24, 2.45) is 5.92 Å². The van der Waals surface area contributed by atoms with E-state index in [0.717, 1.165) is 31.4 Å². The summed E-state index contributed by atoms with van der Waals surface area (Å²) >= 11 is 0. The molecule has 0 aliphatic heterocycles. The van der Waals surface area contributed by atoms with Crippen molar-refractivity contribution in [2.45, 2.75) is 44.5 Å². The molecular weight excluding hydrogens is 316 g/mol. The zero-order chi connectivity index (χ0) is 17.8. The van der Waals surface area contributed by atoms with Gasteiger partial charge < -0.3 is 0 Å². The van der Waals surface area contributed by atoms with Crippen LogP contribution in [0.5, 0.6) is 0 Å². The summed E-state index contributed by atoms with van der Waals surface area (Å²) in [6.07, 6.45) is 0.886. The van der Waals surface area contributed by atoms with Crippen molar-refractivity contribution in [3.8, 4) is 0 Å². The third kappa shape index (κ3) is 2.83. The van der Waals surface area contributed by atoms with Crippen molar-refractivity contribution in [3.63, 3.8) is 0 Å². The molecule has 0 bridgehead atoms. The van der Waals surface area contributed by atoms with Crippen LogP contribution in [-0.4, -0.2) is 0 Å². The molecule has 0 aromatic heterocycles. The molecule has 2 aromatic rings. The molecule has 24 heavy (non-hydrogen) atoms. The lowest BCUT2D eigenvalue weighted by molar-refractivity contribution is 0.0168. The summed E-state index contributed by atoms with van der Waals surface area (Å²) in [6.45, 7) is 3.84. The van der Waals surface area contributed by atoms with Gasteiger partial charge in [-0.15, -0.1) is 0 Å². The normalized spacial score (nSPS) is 20.0. The van der Waals surface area contributed by atoms with Gasteiger partial charge in [-0.1, -0.05) is 55.5 Å². The first kappa shape index (κ1) is 17.0. The zero-order valence-electron chi connectivity index (χ0n) is 13.9. The Balaban J connectivity index is 1.96. The van der Waals surface area contributed by atoms with Gasteiger partial charge in [0.2, 0.25) is 0 Å². The molecule has 1 atom stereocenters.